The van der Waals surface area contributed by atoms with Crippen LogP contribution in [0.2, 0.25) is 5.02 Å². The SMILES string of the molecule is CC(NC(CO)c1ccco1)c1nc2cc(Cl)ccc2n1C. The summed E-state index contributed by atoms with van der Waals surface area (Å²) in [6, 6.07) is 8.98. The topological polar surface area (TPSA) is 63.2 Å². The maximum Gasteiger partial charge on any atom is 0.126 e. The number of nitrogens with zero attached hydrogens (tertiary/aromatic N) is 2. The molecule has 0 aliphatic rings. The molecule has 2 N–H and O–H groups in total. The number of aliphatic hydroxyl groups excluding tert-OH is 1. The van der Waals surface area contributed by atoms with Gasteiger partial charge in [0.15, 0.2) is 0 Å². The molecule has 0 aliphatic carbocycles. The number of aryl methyl sites for hydroxylation is 1. The van der Waals surface area contributed by atoms with E-state index in [1.54, 1.807) is 12.3 Å². The number of nitrogens with one attached hydrogen (secondary N) is 1. The third kappa shape index (κ3) is 2.75. The molecule has 0 aliphatic heterocycles. The third-order valence-corrected chi connectivity index (χ3v) is 4.02. The van der Waals surface area contributed by atoms with Gasteiger partial charge in [0.25, 0.3) is 0 Å². The van der Waals surface area contributed by atoms with Gasteiger partial charge < -0.3 is 14.1 Å². The molecule has 2 atom stereocenters. The van der Waals surface area contributed by atoms with Gasteiger partial charge in [0.1, 0.15) is 11.6 Å². The standard InChI is InChI=1S/C16H18ClN3O2/c1-10(18-13(9-21)15-4-3-7-22-15)16-19-12-8-11(17)5-6-14(12)20(16)2/h3-8,10,13,18,21H,9H2,1-2H3. The van der Waals surface area contributed by atoms with Crippen LogP contribution in [0, 0.1) is 0 Å². The molecule has 0 saturated heterocycles. The number of hydrogen-bond acceptors (Lipinski definition) is 4. The minimum absolute atomic E-state index is 0.0480. The summed E-state index contributed by atoms with van der Waals surface area (Å²) in [6.45, 7) is 1.96. The van der Waals surface area contributed by atoms with E-state index in [1.807, 2.05) is 42.8 Å². The number of halogens is 1. The van der Waals surface area contributed by atoms with E-state index in [9.17, 15) is 5.11 Å². The van der Waals surface area contributed by atoms with E-state index in [2.05, 4.69) is 10.3 Å². The van der Waals surface area contributed by atoms with Crippen LogP contribution in [-0.2, 0) is 7.05 Å². The van der Waals surface area contributed by atoms with E-state index in [-0.39, 0.29) is 18.7 Å². The Balaban J connectivity index is 1.88. The highest BCUT2D eigenvalue weighted by molar-refractivity contribution is 6.31. The predicted octanol–water partition coefficient (Wildman–Crippen LogP) is 3.20. The second-order valence-electron chi connectivity index (χ2n) is 5.30. The van der Waals surface area contributed by atoms with Crippen LogP contribution in [0.1, 0.15) is 30.6 Å². The molecule has 0 saturated carbocycles. The number of aromatic nitrogens is 2. The molecule has 0 spiro atoms. The Hall–Kier alpha value is -1.82. The molecule has 22 heavy (non-hydrogen) atoms. The summed E-state index contributed by atoms with van der Waals surface area (Å²) in [5, 5.41) is 13.6. The van der Waals surface area contributed by atoms with Crippen molar-refractivity contribution in [2.24, 2.45) is 7.05 Å². The Morgan fingerprint density at radius 1 is 1.41 bits per heavy atom. The minimum atomic E-state index is -0.270. The van der Waals surface area contributed by atoms with E-state index in [0.29, 0.717) is 10.8 Å². The van der Waals surface area contributed by atoms with Gasteiger partial charge in [-0.05, 0) is 37.3 Å². The average Bonchev–Trinajstić information content (AvgIpc) is 3.13. The summed E-state index contributed by atoms with van der Waals surface area (Å²) in [5.74, 6) is 1.58. The normalized spacial score (nSPS) is 14.4. The highest BCUT2D eigenvalue weighted by Gasteiger charge is 2.20. The number of fused-ring (bicyclic) bond motifs is 1. The predicted molar refractivity (Wildman–Crippen MR) is 85.8 cm³/mol. The monoisotopic (exact) mass is 319 g/mol. The number of hydrogen-bond donors (Lipinski definition) is 2. The van der Waals surface area contributed by atoms with Gasteiger partial charge in [-0.2, -0.15) is 0 Å². The number of benzene rings is 1. The van der Waals surface area contributed by atoms with E-state index < -0.39 is 0 Å². The highest BCUT2D eigenvalue weighted by atomic mass is 35.5. The molecule has 0 radical (unpaired) electrons. The van der Waals surface area contributed by atoms with Crippen molar-refractivity contribution in [1.82, 2.24) is 14.9 Å². The van der Waals surface area contributed by atoms with Crippen molar-refractivity contribution >= 4 is 22.6 Å². The number of imidazole rings is 1. The van der Waals surface area contributed by atoms with Crippen LogP contribution in [0.3, 0.4) is 0 Å². The van der Waals surface area contributed by atoms with Crippen LogP contribution in [0.25, 0.3) is 11.0 Å². The summed E-state index contributed by atoms with van der Waals surface area (Å²) in [6.07, 6.45) is 1.60. The maximum absolute atomic E-state index is 9.57. The Morgan fingerprint density at radius 2 is 2.23 bits per heavy atom. The summed E-state index contributed by atoms with van der Waals surface area (Å²) >= 11 is 6.02. The van der Waals surface area contributed by atoms with Crippen molar-refractivity contribution in [2.75, 3.05) is 6.61 Å². The molecule has 116 valence electrons. The lowest BCUT2D eigenvalue weighted by Crippen LogP contribution is -2.28. The van der Waals surface area contributed by atoms with Crippen LogP contribution >= 0.6 is 11.6 Å². The average molecular weight is 320 g/mol. The Kier molecular flexibility index (Phi) is 4.20. The van der Waals surface area contributed by atoms with Crippen molar-refractivity contribution in [3.8, 4) is 0 Å². The molecule has 0 amide bonds. The Morgan fingerprint density at radius 3 is 2.91 bits per heavy atom. The van der Waals surface area contributed by atoms with E-state index in [0.717, 1.165) is 16.9 Å². The molecule has 2 aromatic heterocycles. The molecule has 3 aromatic rings. The molecule has 5 nitrogen and oxygen atoms in total. The largest absolute Gasteiger partial charge is 0.468 e. The van der Waals surface area contributed by atoms with Gasteiger partial charge in [0, 0.05) is 12.1 Å². The molecular weight excluding hydrogens is 302 g/mol. The first-order chi connectivity index (χ1) is 10.6. The molecule has 3 rings (SSSR count). The molecule has 2 unspecified atom stereocenters. The fourth-order valence-electron chi connectivity index (χ4n) is 2.67. The van der Waals surface area contributed by atoms with Gasteiger partial charge in [-0.3, -0.25) is 5.32 Å². The minimum Gasteiger partial charge on any atom is -0.468 e. The van der Waals surface area contributed by atoms with E-state index in [1.165, 1.54) is 0 Å². The summed E-state index contributed by atoms with van der Waals surface area (Å²) < 4.78 is 7.39. The van der Waals surface area contributed by atoms with Gasteiger partial charge >= 0.3 is 0 Å². The lowest BCUT2D eigenvalue weighted by Gasteiger charge is -2.20. The molecule has 0 bridgehead atoms. The first-order valence-electron chi connectivity index (χ1n) is 7.12. The molecular formula is C16H18ClN3O2. The second kappa shape index (κ2) is 6.12. The smallest absolute Gasteiger partial charge is 0.126 e. The fourth-order valence-corrected chi connectivity index (χ4v) is 2.84. The number of furan rings is 1. The quantitative estimate of drug-likeness (QED) is 0.758. The van der Waals surface area contributed by atoms with Crippen molar-refractivity contribution in [2.45, 2.75) is 19.0 Å². The first kappa shape index (κ1) is 15.1. The fraction of sp³-hybridized carbons (Fsp3) is 0.312. The molecule has 6 heteroatoms. The zero-order valence-corrected chi connectivity index (χ0v) is 13.2. The number of rotatable bonds is 5. The lowest BCUT2D eigenvalue weighted by atomic mass is 10.2. The Labute approximate surface area is 133 Å². The second-order valence-corrected chi connectivity index (χ2v) is 5.74. The van der Waals surface area contributed by atoms with Gasteiger partial charge in [-0.15, -0.1) is 0 Å². The van der Waals surface area contributed by atoms with Crippen molar-refractivity contribution in [3.05, 3.63) is 53.2 Å². The van der Waals surface area contributed by atoms with Crippen molar-refractivity contribution in [1.29, 1.82) is 0 Å². The third-order valence-electron chi connectivity index (χ3n) is 3.79. The Bertz CT molecular complexity index is 767. The molecule has 0 fully saturated rings. The van der Waals surface area contributed by atoms with Crippen molar-refractivity contribution < 1.29 is 9.52 Å². The molecule has 1 aromatic carbocycles. The summed E-state index contributed by atoms with van der Waals surface area (Å²) in [4.78, 5) is 4.65. The highest BCUT2D eigenvalue weighted by Crippen LogP contribution is 2.24. The van der Waals surface area contributed by atoms with Gasteiger partial charge in [0.05, 0.1) is 36.0 Å². The van der Waals surface area contributed by atoms with Crippen LogP contribution in [0.5, 0.6) is 0 Å². The van der Waals surface area contributed by atoms with Gasteiger partial charge in [-0.1, -0.05) is 11.6 Å². The van der Waals surface area contributed by atoms with Crippen molar-refractivity contribution in [3.63, 3.8) is 0 Å². The number of aliphatic hydroxyl groups is 1. The maximum atomic E-state index is 9.57. The summed E-state index contributed by atoms with van der Waals surface area (Å²) in [7, 11) is 1.97. The first-order valence-corrected chi connectivity index (χ1v) is 7.50. The van der Waals surface area contributed by atoms with Crippen LogP contribution in [-0.4, -0.2) is 21.3 Å². The summed E-state index contributed by atoms with van der Waals surface area (Å²) in [5.41, 5.74) is 1.88. The zero-order chi connectivity index (χ0) is 15.7. The van der Waals surface area contributed by atoms with Crippen LogP contribution in [0.4, 0.5) is 0 Å². The molecule has 2 heterocycles. The zero-order valence-electron chi connectivity index (χ0n) is 12.5. The van der Waals surface area contributed by atoms with Gasteiger partial charge in [0.2, 0.25) is 0 Å². The van der Waals surface area contributed by atoms with E-state index in [4.69, 9.17) is 16.0 Å². The van der Waals surface area contributed by atoms with E-state index >= 15 is 0 Å². The van der Waals surface area contributed by atoms with Crippen LogP contribution in [0.15, 0.2) is 41.0 Å². The van der Waals surface area contributed by atoms with Gasteiger partial charge in [-0.25, -0.2) is 4.98 Å². The lowest BCUT2D eigenvalue weighted by molar-refractivity contribution is 0.215. The van der Waals surface area contributed by atoms with Crippen LogP contribution < -0.4 is 5.32 Å².